The third-order valence-corrected chi connectivity index (χ3v) is 5.23. The summed E-state index contributed by atoms with van der Waals surface area (Å²) in [6.07, 6.45) is 5.60. The van der Waals surface area contributed by atoms with Gasteiger partial charge in [-0.15, -0.1) is 10.2 Å². The minimum atomic E-state index is -0.226. The van der Waals surface area contributed by atoms with Crippen LogP contribution in [0.25, 0.3) is 5.65 Å². The van der Waals surface area contributed by atoms with Crippen LogP contribution in [0, 0.1) is 0 Å². The first kappa shape index (κ1) is 17.0. The van der Waals surface area contributed by atoms with Gasteiger partial charge in [0, 0.05) is 37.0 Å². The molecule has 1 aliphatic rings. The van der Waals surface area contributed by atoms with E-state index in [9.17, 15) is 4.79 Å². The largest absolute Gasteiger partial charge is 0.341 e. The minimum absolute atomic E-state index is 0.176. The number of carbonyl (C=O) groups is 1. The molecule has 3 aromatic heterocycles. The first-order chi connectivity index (χ1) is 12.8. The van der Waals surface area contributed by atoms with E-state index in [1.54, 1.807) is 11.8 Å². The van der Waals surface area contributed by atoms with Crippen molar-refractivity contribution in [1.29, 1.82) is 0 Å². The number of rotatable bonds is 6. The standard InChI is InChI=1S/C17H21N7OS/c1-26-9-6-13(16-23-21-14-4-2-3-8-24(14)16)19-17(25)15-11-10-18-7-5-12(11)20-22-15/h2-4,8,13,18H,5-7,9-10H2,1H3,(H,19,25)(H,20,22). The van der Waals surface area contributed by atoms with E-state index in [1.165, 1.54) is 0 Å². The van der Waals surface area contributed by atoms with Gasteiger partial charge in [-0.05, 0) is 30.6 Å². The Balaban J connectivity index is 1.61. The van der Waals surface area contributed by atoms with Crippen LogP contribution in [0.15, 0.2) is 24.4 Å². The Hall–Kier alpha value is -2.39. The second kappa shape index (κ2) is 7.46. The van der Waals surface area contributed by atoms with Crippen molar-refractivity contribution in [2.24, 2.45) is 0 Å². The molecule has 3 aromatic rings. The van der Waals surface area contributed by atoms with Crippen molar-refractivity contribution >= 4 is 23.3 Å². The van der Waals surface area contributed by atoms with Gasteiger partial charge < -0.3 is 10.6 Å². The molecule has 0 bridgehead atoms. The van der Waals surface area contributed by atoms with Crippen molar-refractivity contribution in [2.75, 3.05) is 18.6 Å². The molecule has 0 aromatic carbocycles. The molecule has 0 radical (unpaired) electrons. The van der Waals surface area contributed by atoms with Crippen LogP contribution in [-0.2, 0) is 13.0 Å². The number of nitrogens with one attached hydrogen (secondary N) is 3. The highest BCUT2D eigenvalue weighted by molar-refractivity contribution is 7.98. The number of hydrogen-bond donors (Lipinski definition) is 3. The molecular weight excluding hydrogens is 350 g/mol. The van der Waals surface area contributed by atoms with Crippen molar-refractivity contribution in [3.63, 3.8) is 0 Å². The van der Waals surface area contributed by atoms with E-state index in [4.69, 9.17) is 0 Å². The average molecular weight is 371 g/mol. The number of carbonyl (C=O) groups excluding carboxylic acids is 1. The summed E-state index contributed by atoms with van der Waals surface area (Å²) in [7, 11) is 0. The van der Waals surface area contributed by atoms with Crippen LogP contribution in [0.3, 0.4) is 0 Å². The van der Waals surface area contributed by atoms with Crippen LogP contribution in [0.1, 0.15) is 40.0 Å². The highest BCUT2D eigenvalue weighted by Gasteiger charge is 2.26. The lowest BCUT2D eigenvalue weighted by molar-refractivity contribution is 0.0927. The Bertz CT molecular complexity index is 919. The molecule has 0 saturated heterocycles. The molecule has 9 heteroatoms. The first-order valence-electron chi connectivity index (χ1n) is 8.64. The molecular formula is C17H21N7OS. The van der Waals surface area contributed by atoms with Crippen LogP contribution in [-0.4, -0.2) is 49.3 Å². The summed E-state index contributed by atoms with van der Waals surface area (Å²) in [6, 6.07) is 5.53. The van der Waals surface area contributed by atoms with Crippen LogP contribution >= 0.6 is 11.8 Å². The SMILES string of the molecule is CSCCC(NC(=O)c1n[nH]c2c1CNCC2)c1nnc2ccccn12. The Morgan fingerprint density at radius 2 is 2.35 bits per heavy atom. The van der Waals surface area contributed by atoms with E-state index in [-0.39, 0.29) is 11.9 Å². The third-order valence-electron chi connectivity index (χ3n) is 4.59. The molecule has 1 unspecified atom stereocenters. The molecule has 0 fully saturated rings. The topological polar surface area (TPSA) is 100 Å². The van der Waals surface area contributed by atoms with Gasteiger partial charge >= 0.3 is 0 Å². The fourth-order valence-electron chi connectivity index (χ4n) is 3.24. The summed E-state index contributed by atoms with van der Waals surface area (Å²) in [6.45, 7) is 1.57. The molecule has 136 valence electrons. The zero-order chi connectivity index (χ0) is 17.9. The number of H-pyrrole nitrogens is 1. The van der Waals surface area contributed by atoms with E-state index in [0.717, 1.165) is 47.9 Å². The quantitative estimate of drug-likeness (QED) is 0.604. The molecule has 1 atom stereocenters. The lowest BCUT2D eigenvalue weighted by Gasteiger charge is -2.17. The van der Waals surface area contributed by atoms with Gasteiger partial charge in [-0.2, -0.15) is 16.9 Å². The maximum atomic E-state index is 12.9. The highest BCUT2D eigenvalue weighted by Crippen LogP contribution is 2.21. The zero-order valence-electron chi connectivity index (χ0n) is 14.5. The number of nitrogens with zero attached hydrogens (tertiary/aromatic N) is 4. The zero-order valence-corrected chi connectivity index (χ0v) is 15.3. The number of thioether (sulfide) groups is 1. The monoisotopic (exact) mass is 371 g/mol. The van der Waals surface area contributed by atoms with Gasteiger partial charge in [0.2, 0.25) is 0 Å². The number of fused-ring (bicyclic) bond motifs is 2. The average Bonchev–Trinajstić information content (AvgIpc) is 3.29. The summed E-state index contributed by atoms with van der Waals surface area (Å²) in [4.78, 5) is 12.9. The predicted molar refractivity (Wildman–Crippen MR) is 100 cm³/mol. The molecule has 1 aliphatic heterocycles. The Morgan fingerprint density at radius 1 is 1.42 bits per heavy atom. The Labute approximate surface area is 155 Å². The van der Waals surface area contributed by atoms with Crippen molar-refractivity contribution in [1.82, 2.24) is 35.4 Å². The van der Waals surface area contributed by atoms with Gasteiger partial charge in [0.25, 0.3) is 5.91 Å². The van der Waals surface area contributed by atoms with Crippen molar-refractivity contribution in [3.8, 4) is 0 Å². The Morgan fingerprint density at radius 3 is 3.23 bits per heavy atom. The molecule has 4 heterocycles. The van der Waals surface area contributed by atoms with Gasteiger partial charge in [0.05, 0.1) is 6.04 Å². The van der Waals surface area contributed by atoms with E-state index >= 15 is 0 Å². The van der Waals surface area contributed by atoms with Crippen molar-refractivity contribution in [3.05, 3.63) is 47.2 Å². The molecule has 0 aliphatic carbocycles. The number of aromatic nitrogens is 5. The van der Waals surface area contributed by atoms with Crippen LogP contribution in [0.2, 0.25) is 0 Å². The molecule has 1 amide bonds. The molecule has 0 spiro atoms. The van der Waals surface area contributed by atoms with E-state index in [2.05, 4.69) is 37.3 Å². The fraction of sp³-hybridized carbons (Fsp3) is 0.412. The first-order valence-corrected chi connectivity index (χ1v) is 10.0. The maximum Gasteiger partial charge on any atom is 0.272 e. The second-order valence-corrected chi connectivity index (χ2v) is 7.24. The normalized spacial score (nSPS) is 15.0. The van der Waals surface area contributed by atoms with E-state index in [1.807, 2.05) is 28.8 Å². The molecule has 3 N–H and O–H groups in total. The highest BCUT2D eigenvalue weighted by atomic mass is 32.2. The third kappa shape index (κ3) is 3.19. The summed E-state index contributed by atoms with van der Waals surface area (Å²) in [5.41, 5.74) is 3.24. The Kier molecular flexibility index (Phi) is 4.89. The van der Waals surface area contributed by atoms with Crippen molar-refractivity contribution in [2.45, 2.75) is 25.4 Å². The number of pyridine rings is 1. The van der Waals surface area contributed by atoms with Gasteiger partial charge in [0.15, 0.2) is 17.2 Å². The summed E-state index contributed by atoms with van der Waals surface area (Å²) < 4.78 is 1.92. The van der Waals surface area contributed by atoms with Gasteiger partial charge in [0.1, 0.15) is 0 Å². The molecule has 8 nitrogen and oxygen atoms in total. The maximum absolute atomic E-state index is 12.9. The van der Waals surface area contributed by atoms with E-state index < -0.39 is 0 Å². The molecule has 4 rings (SSSR count). The van der Waals surface area contributed by atoms with Gasteiger partial charge in [-0.25, -0.2) is 0 Å². The number of aromatic amines is 1. The number of hydrogen-bond acceptors (Lipinski definition) is 6. The summed E-state index contributed by atoms with van der Waals surface area (Å²) in [5, 5.41) is 22.2. The lowest BCUT2D eigenvalue weighted by atomic mass is 10.1. The van der Waals surface area contributed by atoms with E-state index in [0.29, 0.717) is 12.2 Å². The molecule has 26 heavy (non-hydrogen) atoms. The van der Waals surface area contributed by atoms with Crippen molar-refractivity contribution < 1.29 is 4.79 Å². The van der Waals surface area contributed by atoms with Gasteiger partial charge in [-0.1, -0.05) is 6.07 Å². The lowest BCUT2D eigenvalue weighted by Crippen LogP contribution is -2.32. The molecule has 0 saturated carbocycles. The van der Waals surface area contributed by atoms with Crippen LogP contribution < -0.4 is 10.6 Å². The fourth-order valence-corrected chi connectivity index (χ4v) is 3.71. The van der Waals surface area contributed by atoms with Gasteiger partial charge in [-0.3, -0.25) is 14.3 Å². The summed E-state index contributed by atoms with van der Waals surface area (Å²) >= 11 is 1.74. The smallest absolute Gasteiger partial charge is 0.272 e. The van der Waals surface area contributed by atoms with Crippen LogP contribution in [0.5, 0.6) is 0 Å². The van der Waals surface area contributed by atoms with Crippen LogP contribution in [0.4, 0.5) is 0 Å². The summed E-state index contributed by atoms with van der Waals surface area (Å²) in [5.74, 6) is 1.47. The number of amides is 1. The second-order valence-electron chi connectivity index (χ2n) is 6.25. The minimum Gasteiger partial charge on any atom is -0.341 e. The predicted octanol–water partition coefficient (Wildman–Crippen LogP) is 1.32.